The number of thiophene rings is 1. The van der Waals surface area contributed by atoms with E-state index in [9.17, 15) is 9.18 Å². The molecule has 0 unspecified atom stereocenters. The van der Waals surface area contributed by atoms with Gasteiger partial charge >= 0.3 is 0 Å². The van der Waals surface area contributed by atoms with Crippen LogP contribution in [0.2, 0.25) is 0 Å². The molecule has 0 radical (unpaired) electrons. The summed E-state index contributed by atoms with van der Waals surface area (Å²) in [5.74, 6) is 0.371. The van der Waals surface area contributed by atoms with E-state index >= 15 is 0 Å². The van der Waals surface area contributed by atoms with E-state index in [0.717, 1.165) is 52.8 Å². The number of hydrogen-bond donors (Lipinski definition) is 1. The Morgan fingerprint density at radius 1 is 1.14 bits per heavy atom. The minimum Gasteiger partial charge on any atom is -0.496 e. The van der Waals surface area contributed by atoms with Crippen LogP contribution in [0.3, 0.4) is 0 Å². The average molecular weight is 504 g/mol. The fraction of sp³-hybridized carbons (Fsp3) is 0.310. The number of hydrogen-bond acceptors (Lipinski definition) is 5. The average Bonchev–Trinajstić information content (AvgIpc) is 3.25. The van der Waals surface area contributed by atoms with Crippen molar-refractivity contribution in [2.75, 3.05) is 7.11 Å². The molecule has 7 heteroatoms. The molecule has 4 aromatic rings. The van der Waals surface area contributed by atoms with E-state index in [0.29, 0.717) is 22.4 Å². The smallest absolute Gasteiger partial charge is 0.264 e. The zero-order valence-electron chi connectivity index (χ0n) is 20.5. The minimum absolute atomic E-state index is 0.0542. The van der Waals surface area contributed by atoms with E-state index < -0.39 is 0 Å². The molecule has 2 aromatic carbocycles. The Hall–Kier alpha value is -3.29. The SMILES string of the molecule is COc1ccc(-c2cccnc2)cc1CN(C(=O)c1sc2cccc(F)c2c1C)C1CCC(N)CC1. The Morgan fingerprint density at radius 3 is 2.64 bits per heavy atom. The fourth-order valence-electron chi connectivity index (χ4n) is 5.17. The van der Waals surface area contributed by atoms with Crippen LogP contribution in [0.15, 0.2) is 60.9 Å². The molecule has 2 aromatic heterocycles. The van der Waals surface area contributed by atoms with Crippen LogP contribution in [0.25, 0.3) is 21.2 Å². The molecule has 186 valence electrons. The second kappa shape index (κ2) is 10.4. The van der Waals surface area contributed by atoms with E-state index in [-0.39, 0.29) is 23.8 Å². The molecule has 1 aliphatic carbocycles. The minimum atomic E-state index is -0.290. The number of fused-ring (bicyclic) bond motifs is 1. The van der Waals surface area contributed by atoms with E-state index in [2.05, 4.69) is 11.1 Å². The summed E-state index contributed by atoms with van der Waals surface area (Å²) in [6, 6.07) is 15.2. The lowest BCUT2D eigenvalue weighted by molar-refractivity contribution is 0.0609. The van der Waals surface area contributed by atoms with Crippen molar-refractivity contribution in [3.05, 3.63) is 82.7 Å². The molecule has 2 heterocycles. The van der Waals surface area contributed by atoms with Gasteiger partial charge in [-0.1, -0.05) is 18.2 Å². The van der Waals surface area contributed by atoms with E-state index in [4.69, 9.17) is 10.5 Å². The van der Waals surface area contributed by atoms with Gasteiger partial charge in [0.25, 0.3) is 5.91 Å². The number of carbonyl (C=O) groups excluding carboxylic acids is 1. The van der Waals surface area contributed by atoms with Crippen LogP contribution < -0.4 is 10.5 Å². The van der Waals surface area contributed by atoms with Crippen LogP contribution in [0.1, 0.15) is 46.5 Å². The molecule has 36 heavy (non-hydrogen) atoms. The van der Waals surface area contributed by atoms with Crippen LogP contribution in [0.4, 0.5) is 4.39 Å². The van der Waals surface area contributed by atoms with Crippen LogP contribution in [-0.4, -0.2) is 35.0 Å². The van der Waals surface area contributed by atoms with Gasteiger partial charge in [-0.3, -0.25) is 9.78 Å². The van der Waals surface area contributed by atoms with Crippen molar-refractivity contribution < 1.29 is 13.9 Å². The Bertz CT molecular complexity index is 1380. The van der Waals surface area contributed by atoms with Crippen molar-refractivity contribution in [1.29, 1.82) is 0 Å². The van der Waals surface area contributed by atoms with Gasteiger partial charge in [0.05, 0.1) is 12.0 Å². The Labute approximate surface area is 214 Å². The molecule has 2 N–H and O–H groups in total. The maximum atomic E-state index is 14.6. The van der Waals surface area contributed by atoms with Crippen molar-refractivity contribution in [2.24, 2.45) is 5.73 Å². The van der Waals surface area contributed by atoms with Crippen molar-refractivity contribution in [3.8, 4) is 16.9 Å². The van der Waals surface area contributed by atoms with Crippen LogP contribution in [0.5, 0.6) is 5.75 Å². The number of aryl methyl sites for hydroxylation is 1. The first kappa shape index (κ1) is 24.4. The lowest BCUT2D eigenvalue weighted by Gasteiger charge is -2.36. The first-order chi connectivity index (χ1) is 17.5. The van der Waals surface area contributed by atoms with Gasteiger partial charge in [0.2, 0.25) is 0 Å². The van der Waals surface area contributed by atoms with Gasteiger partial charge < -0.3 is 15.4 Å². The van der Waals surface area contributed by atoms with E-state index in [1.165, 1.54) is 17.4 Å². The first-order valence-corrected chi connectivity index (χ1v) is 13.1. The molecule has 0 spiro atoms. The Balaban J connectivity index is 1.55. The standard InChI is InChI=1S/C29H30FN3O2S/c1-18-27-24(30)6-3-7-26(27)36-28(18)29(34)33(23-11-9-22(31)10-12-23)17-21-15-19(8-13-25(21)35-2)20-5-4-14-32-16-20/h3-8,13-16,22-23H,9-12,17,31H2,1-2H3. The number of carbonyl (C=O) groups is 1. The Kier molecular flexibility index (Phi) is 7.03. The highest BCUT2D eigenvalue weighted by atomic mass is 32.1. The normalized spacial score (nSPS) is 17.8. The van der Waals surface area contributed by atoms with Crippen LogP contribution in [-0.2, 0) is 6.54 Å². The summed E-state index contributed by atoms with van der Waals surface area (Å²) in [5, 5.41) is 0.535. The van der Waals surface area contributed by atoms with Gasteiger partial charge in [-0.05, 0) is 74.1 Å². The predicted molar refractivity (Wildman–Crippen MR) is 143 cm³/mol. The van der Waals surface area contributed by atoms with Gasteiger partial charge in [0.1, 0.15) is 11.6 Å². The number of pyridine rings is 1. The van der Waals surface area contributed by atoms with E-state index in [1.807, 2.05) is 48.4 Å². The summed E-state index contributed by atoms with van der Waals surface area (Å²) in [6.45, 7) is 2.24. The lowest BCUT2D eigenvalue weighted by Crippen LogP contribution is -2.43. The number of ether oxygens (including phenoxy) is 1. The third-order valence-corrected chi connectivity index (χ3v) is 8.40. The summed E-state index contributed by atoms with van der Waals surface area (Å²) >= 11 is 1.36. The summed E-state index contributed by atoms with van der Waals surface area (Å²) < 4.78 is 21.1. The van der Waals surface area contributed by atoms with Crippen molar-refractivity contribution >= 4 is 27.3 Å². The summed E-state index contributed by atoms with van der Waals surface area (Å²) in [7, 11) is 1.65. The molecular weight excluding hydrogens is 473 g/mol. The number of amides is 1. The van der Waals surface area contributed by atoms with Gasteiger partial charge in [-0.2, -0.15) is 0 Å². The Morgan fingerprint density at radius 2 is 1.94 bits per heavy atom. The van der Waals surface area contributed by atoms with Crippen molar-refractivity contribution in [3.63, 3.8) is 0 Å². The highest BCUT2D eigenvalue weighted by Gasteiger charge is 2.31. The topological polar surface area (TPSA) is 68.5 Å². The number of nitrogens with two attached hydrogens (primary N) is 1. The third-order valence-electron chi connectivity index (χ3n) is 7.16. The number of nitrogens with zero attached hydrogens (tertiary/aromatic N) is 2. The maximum absolute atomic E-state index is 14.6. The van der Waals surface area contributed by atoms with Crippen molar-refractivity contribution in [1.82, 2.24) is 9.88 Å². The second-order valence-corrected chi connectivity index (χ2v) is 10.5. The first-order valence-electron chi connectivity index (χ1n) is 12.3. The predicted octanol–water partition coefficient (Wildman–Crippen LogP) is 6.33. The number of aromatic nitrogens is 1. The molecule has 1 fully saturated rings. The molecule has 0 aliphatic heterocycles. The van der Waals surface area contributed by atoms with Gasteiger partial charge in [0, 0.05) is 52.2 Å². The fourth-order valence-corrected chi connectivity index (χ4v) is 6.35. The molecule has 0 bridgehead atoms. The summed E-state index contributed by atoms with van der Waals surface area (Å²) in [5.41, 5.74) is 9.82. The highest BCUT2D eigenvalue weighted by molar-refractivity contribution is 7.21. The second-order valence-electron chi connectivity index (χ2n) is 9.44. The van der Waals surface area contributed by atoms with Gasteiger partial charge in [-0.25, -0.2) is 4.39 Å². The van der Waals surface area contributed by atoms with Gasteiger partial charge in [-0.15, -0.1) is 11.3 Å². The number of methoxy groups -OCH3 is 1. The molecule has 1 aliphatic rings. The molecule has 5 nitrogen and oxygen atoms in total. The van der Waals surface area contributed by atoms with Crippen LogP contribution in [0, 0.1) is 12.7 Å². The molecule has 0 saturated heterocycles. The number of rotatable bonds is 6. The van der Waals surface area contributed by atoms with E-state index in [1.54, 1.807) is 19.4 Å². The zero-order chi connectivity index (χ0) is 25.2. The molecule has 1 saturated carbocycles. The molecule has 0 atom stereocenters. The molecule has 1 amide bonds. The number of halogens is 1. The van der Waals surface area contributed by atoms with Crippen LogP contribution >= 0.6 is 11.3 Å². The maximum Gasteiger partial charge on any atom is 0.264 e. The van der Waals surface area contributed by atoms with Gasteiger partial charge in [0.15, 0.2) is 0 Å². The largest absolute Gasteiger partial charge is 0.496 e. The monoisotopic (exact) mass is 503 g/mol. The molecule has 5 rings (SSSR count). The lowest BCUT2D eigenvalue weighted by atomic mass is 9.90. The third kappa shape index (κ3) is 4.73. The molecular formula is C29H30FN3O2S. The quantitative estimate of drug-likeness (QED) is 0.334. The summed E-state index contributed by atoms with van der Waals surface area (Å²) in [4.78, 5) is 20.9. The zero-order valence-corrected chi connectivity index (χ0v) is 21.4. The summed E-state index contributed by atoms with van der Waals surface area (Å²) in [6.07, 6.45) is 7.01. The van der Waals surface area contributed by atoms with Crippen molar-refractivity contribution in [2.45, 2.75) is 51.2 Å². The number of benzene rings is 2. The highest BCUT2D eigenvalue weighted by Crippen LogP contribution is 2.36.